The normalized spacial score (nSPS) is 10.9. The van der Waals surface area contributed by atoms with E-state index >= 15 is 0 Å². The van der Waals surface area contributed by atoms with Crippen LogP contribution in [0.1, 0.15) is 10.6 Å². The number of rotatable bonds is 5. The summed E-state index contributed by atoms with van der Waals surface area (Å²) < 4.78 is 1.17. The number of halogens is 2. The van der Waals surface area contributed by atoms with Crippen LogP contribution in [-0.4, -0.2) is 17.4 Å². The second kappa shape index (κ2) is 7.30. The fraction of sp³-hybridized carbons (Fsp3) is 0.176. The molecular weight excluding hydrogens is 351 g/mol. The van der Waals surface area contributed by atoms with Gasteiger partial charge in [-0.05, 0) is 29.8 Å². The summed E-state index contributed by atoms with van der Waals surface area (Å²) in [6.07, 6.45) is 1.02. The Balaban J connectivity index is 1.51. The highest BCUT2D eigenvalue weighted by molar-refractivity contribution is 7.18. The molecule has 1 heterocycles. The lowest BCUT2D eigenvalue weighted by Crippen LogP contribution is -2.27. The van der Waals surface area contributed by atoms with Gasteiger partial charge in [-0.1, -0.05) is 41.4 Å². The molecule has 0 aliphatic carbocycles. The number of hydrogen-bond acceptors (Lipinski definition) is 3. The van der Waals surface area contributed by atoms with Crippen molar-refractivity contribution >= 4 is 50.7 Å². The van der Waals surface area contributed by atoms with E-state index in [-0.39, 0.29) is 12.3 Å². The molecule has 23 heavy (non-hydrogen) atoms. The van der Waals surface area contributed by atoms with Crippen LogP contribution < -0.4 is 5.32 Å². The minimum absolute atomic E-state index is 0.0375. The standard InChI is InChI=1S/C17H14Cl2N2OS/c18-12-6-5-11(9-13(12)19)10-16(22)20-8-7-17-21-14-3-1-2-4-15(14)23-17/h1-6,9H,7-8,10H2,(H,20,22). The van der Waals surface area contributed by atoms with Gasteiger partial charge in [-0.2, -0.15) is 0 Å². The van der Waals surface area contributed by atoms with Gasteiger partial charge in [0.1, 0.15) is 0 Å². The van der Waals surface area contributed by atoms with E-state index in [9.17, 15) is 4.79 Å². The van der Waals surface area contributed by atoms with Crippen LogP contribution in [-0.2, 0) is 17.6 Å². The largest absolute Gasteiger partial charge is 0.355 e. The molecule has 0 radical (unpaired) electrons. The number of carbonyl (C=O) groups is 1. The SMILES string of the molecule is O=C(Cc1ccc(Cl)c(Cl)c1)NCCc1nc2ccccc2s1. The Hall–Kier alpha value is -1.62. The predicted molar refractivity (Wildman–Crippen MR) is 96.5 cm³/mol. The van der Waals surface area contributed by atoms with Crippen LogP contribution in [0.4, 0.5) is 0 Å². The molecule has 0 saturated carbocycles. The molecule has 0 aliphatic heterocycles. The Morgan fingerprint density at radius 2 is 1.96 bits per heavy atom. The molecule has 0 unspecified atom stereocenters. The average Bonchev–Trinajstić information content (AvgIpc) is 2.93. The summed E-state index contributed by atoms with van der Waals surface area (Å²) in [5.74, 6) is -0.0375. The molecule has 6 heteroatoms. The maximum Gasteiger partial charge on any atom is 0.224 e. The topological polar surface area (TPSA) is 42.0 Å². The van der Waals surface area contributed by atoms with Crippen molar-refractivity contribution in [1.29, 1.82) is 0 Å². The Kier molecular flexibility index (Phi) is 5.16. The molecule has 1 N–H and O–H groups in total. The highest BCUT2D eigenvalue weighted by Gasteiger charge is 2.07. The highest BCUT2D eigenvalue weighted by Crippen LogP contribution is 2.23. The van der Waals surface area contributed by atoms with Crippen LogP contribution in [0.25, 0.3) is 10.2 Å². The van der Waals surface area contributed by atoms with Crippen molar-refractivity contribution in [3.05, 3.63) is 63.1 Å². The number of fused-ring (bicyclic) bond motifs is 1. The monoisotopic (exact) mass is 364 g/mol. The molecule has 3 aromatic rings. The first-order valence-corrected chi connectivity index (χ1v) is 8.74. The maximum atomic E-state index is 12.0. The van der Waals surface area contributed by atoms with Crippen LogP contribution in [0.2, 0.25) is 10.0 Å². The summed E-state index contributed by atoms with van der Waals surface area (Å²) in [7, 11) is 0. The van der Waals surface area contributed by atoms with Gasteiger partial charge in [-0.25, -0.2) is 4.98 Å². The number of carbonyl (C=O) groups excluding carboxylic acids is 1. The van der Waals surface area contributed by atoms with Gasteiger partial charge in [0, 0.05) is 13.0 Å². The van der Waals surface area contributed by atoms with Crippen molar-refractivity contribution in [2.75, 3.05) is 6.54 Å². The lowest BCUT2D eigenvalue weighted by Gasteiger charge is -2.05. The summed E-state index contributed by atoms with van der Waals surface area (Å²) in [6.45, 7) is 0.569. The van der Waals surface area contributed by atoms with Crippen molar-refractivity contribution in [1.82, 2.24) is 10.3 Å². The molecule has 0 bridgehead atoms. The summed E-state index contributed by atoms with van der Waals surface area (Å²) >= 11 is 13.5. The first-order chi connectivity index (χ1) is 11.1. The Bertz CT molecular complexity index is 814. The number of nitrogens with zero attached hydrogens (tertiary/aromatic N) is 1. The quantitative estimate of drug-likeness (QED) is 0.723. The number of amides is 1. The zero-order chi connectivity index (χ0) is 16.2. The predicted octanol–water partition coefficient (Wildman–Crippen LogP) is 4.50. The van der Waals surface area contributed by atoms with E-state index in [1.54, 1.807) is 29.5 Å². The van der Waals surface area contributed by atoms with Gasteiger partial charge < -0.3 is 5.32 Å². The van der Waals surface area contributed by atoms with Crippen molar-refractivity contribution in [2.45, 2.75) is 12.8 Å². The second-order valence-electron chi connectivity index (χ2n) is 5.10. The molecule has 3 rings (SSSR count). The summed E-state index contributed by atoms with van der Waals surface area (Å²) in [5, 5.41) is 4.90. The highest BCUT2D eigenvalue weighted by atomic mass is 35.5. The number of aromatic nitrogens is 1. The van der Waals surface area contributed by atoms with E-state index in [2.05, 4.69) is 16.4 Å². The van der Waals surface area contributed by atoms with Crippen LogP contribution in [0.15, 0.2) is 42.5 Å². The molecule has 1 aromatic heterocycles. The van der Waals surface area contributed by atoms with Crippen LogP contribution in [0.5, 0.6) is 0 Å². The van der Waals surface area contributed by atoms with Crippen molar-refractivity contribution < 1.29 is 4.79 Å². The van der Waals surface area contributed by atoms with Crippen molar-refractivity contribution in [3.8, 4) is 0 Å². The Morgan fingerprint density at radius 1 is 1.13 bits per heavy atom. The first kappa shape index (κ1) is 16.2. The third-order valence-corrected chi connectivity index (χ3v) is 5.18. The van der Waals surface area contributed by atoms with E-state index in [1.165, 1.54) is 4.70 Å². The number of para-hydroxylation sites is 1. The van der Waals surface area contributed by atoms with Gasteiger partial charge in [0.15, 0.2) is 0 Å². The summed E-state index contributed by atoms with van der Waals surface area (Å²) in [4.78, 5) is 16.5. The molecule has 0 saturated heterocycles. The molecule has 118 valence electrons. The van der Waals surface area contributed by atoms with Gasteiger partial charge in [-0.15, -0.1) is 11.3 Å². The Morgan fingerprint density at radius 3 is 2.74 bits per heavy atom. The molecule has 2 aromatic carbocycles. The van der Waals surface area contributed by atoms with E-state index in [0.29, 0.717) is 16.6 Å². The third kappa shape index (κ3) is 4.22. The molecule has 0 atom stereocenters. The molecule has 0 fully saturated rings. The van der Waals surface area contributed by atoms with Crippen LogP contribution in [0.3, 0.4) is 0 Å². The smallest absolute Gasteiger partial charge is 0.224 e. The van der Waals surface area contributed by atoms with Gasteiger partial charge >= 0.3 is 0 Å². The fourth-order valence-corrected chi connectivity index (χ4v) is 3.52. The molecule has 0 spiro atoms. The van der Waals surface area contributed by atoms with E-state index in [1.807, 2.05) is 18.2 Å². The molecule has 0 aliphatic rings. The molecule has 3 nitrogen and oxygen atoms in total. The number of benzene rings is 2. The van der Waals surface area contributed by atoms with Crippen molar-refractivity contribution in [3.63, 3.8) is 0 Å². The Labute approximate surface area is 148 Å². The fourth-order valence-electron chi connectivity index (χ4n) is 2.23. The maximum absolute atomic E-state index is 12.0. The number of hydrogen-bond donors (Lipinski definition) is 1. The zero-order valence-corrected chi connectivity index (χ0v) is 14.5. The van der Waals surface area contributed by atoms with Gasteiger partial charge in [0.05, 0.1) is 31.7 Å². The first-order valence-electron chi connectivity index (χ1n) is 7.17. The van der Waals surface area contributed by atoms with Crippen LogP contribution in [0, 0.1) is 0 Å². The second-order valence-corrected chi connectivity index (χ2v) is 7.03. The third-order valence-electron chi connectivity index (χ3n) is 3.35. The zero-order valence-electron chi connectivity index (χ0n) is 12.2. The lowest BCUT2D eigenvalue weighted by atomic mass is 10.1. The van der Waals surface area contributed by atoms with Gasteiger partial charge in [-0.3, -0.25) is 4.79 Å². The minimum Gasteiger partial charge on any atom is -0.355 e. The van der Waals surface area contributed by atoms with E-state index in [0.717, 1.165) is 22.5 Å². The number of thiazole rings is 1. The average molecular weight is 365 g/mol. The van der Waals surface area contributed by atoms with E-state index in [4.69, 9.17) is 23.2 Å². The van der Waals surface area contributed by atoms with Gasteiger partial charge in [0.2, 0.25) is 5.91 Å². The molecular formula is C17H14Cl2N2OS. The lowest BCUT2D eigenvalue weighted by molar-refractivity contribution is -0.120. The molecule has 1 amide bonds. The number of nitrogens with one attached hydrogen (secondary N) is 1. The van der Waals surface area contributed by atoms with Crippen LogP contribution >= 0.6 is 34.5 Å². The van der Waals surface area contributed by atoms with E-state index < -0.39 is 0 Å². The minimum atomic E-state index is -0.0375. The summed E-state index contributed by atoms with van der Waals surface area (Å²) in [5.41, 5.74) is 1.85. The summed E-state index contributed by atoms with van der Waals surface area (Å²) in [6, 6.07) is 13.3. The van der Waals surface area contributed by atoms with Crippen molar-refractivity contribution in [2.24, 2.45) is 0 Å². The van der Waals surface area contributed by atoms with Gasteiger partial charge in [0.25, 0.3) is 0 Å².